The van der Waals surface area contributed by atoms with Gasteiger partial charge >= 0.3 is 7.12 Å². The topological polar surface area (TPSA) is 55.5 Å². The monoisotopic (exact) mass is 415 g/mol. The minimum Gasteiger partial charge on any atom is -0.399 e. The van der Waals surface area contributed by atoms with E-state index in [2.05, 4.69) is 9.95 Å². The number of carbonyl (C=O) groups excluding carboxylic acids is 1. The first kappa shape index (κ1) is 21.3. The summed E-state index contributed by atoms with van der Waals surface area (Å²) in [5, 5.41) is 6.04. The van der Waals surface area contributed by atoms with Crippen LogP contribution in [0.2, 0.25) is 0 Å². The van der Waals surface area contributed by atoms with Crippen LogP contribution in [0, 0.1) is 6.57 Å². The van der Waals surface area contributed by atoms with Crippen molar-refractivity contribution >= 4 is 29.9 Å². The van der Waals surface area contributed by atoms with Gasteiger partial charge in [-0.3, -0.25) is 4.79 Å². The predicted octanol–water partition coefficient (Wildman–Crippen LogP) is 3.72. The van der Waals surface area contributed by atoms with Gasteiger partial charge in [-0.25, -0.2) is 9.85 Å². The van der Waals surface area contributed by atoms with Crippen LogP contribution < -0.4 is 5.46 Å². The summed E-state index contributed by atoms with van der Waals surface area (Å²) in [5.74, 6) is -0.0533. The van der Waals surface area contributed by atoms with Crippen molar-refractivity contribution < 1.29 is 14.1 Å². The second-order valence-electron chi connectivity index (χ2n) is 8.99. The molecule has 6 nitrogen and oxygen atoms in total. The molecule has 0 saturated carbocycles. The van der Waals surface area contributed by atoms with Crippen LogP contribution in [0.15, 0.2) is 53.6 Å². The van der Waals surface area contributed by atoms with E-state index < -0.39 is 18.3 Å². The summed E-state index contributed by atoms with van der Waals surface area (Å²) < 4.78 is 12.3. The zero-order chi connectivity index (χ0) is 22.2. The molecular weight excluding hydrogens is 389 g/mol. The second kappa shape index (κ2) is 7.95. The lowest BCUT2D eigenvalue weighted by Gasteiger charge is -2.32. The van der Waals surface area contributed by atoms with E-state index in [0.717, 1.165) is 22.3 Å². The summed E-state index contributed by atoms with van der Waals surface area (Å²) >= 11 is 0. The van der Waals surface area contributed by atoms with Crippen LogP contribution in [0.3, 0.4) is 0 Å². The molecule has 1 amide bonds. The van der Waals surface area contributed by atoms with E-state index in [1.807, 2.05) is 70.2 Å². The summed E-state index contributed by atoms with van der Waals surface area (Å²) in [6.45, 7) is 15.8. The van der Waals surface area contributed by atoms with E-state index in [0.29, 0.717) is 18.7 Å². The molecule has 1 saturated heterocycles. The van der Waals surface area contributed by atoms with Crippen molar-refractivity contribution in [3.8, 4) is 0 Å². The maximum absolute atomic E-state index is 12.9. The van der Waals surface area contributed by atoms with Crippen molar-refractivity contribution in [1.82, 2.24) is 5.01 Å². The standard InChI is InChI=1S/C24H26BN3O3/c1-23(2)24(3,4)31-25(30-23)19-10-6-8-17(14-19)15-22(29)28-13-12-21(27-28)18-9-7-11-20(16-18)26-5/h6-11,14,16H,12-13,15H2,1-4H3. The predicted molar refractivity (Wildman–Crippen MR) is 121 cm³/mol. The molecule has 31 heavy (non-hydrogen) atoms. The van der Waals surface area contributed by atoms with Crippen molar-refractivity contribution in [2.24, 2.45) is 5.10 Å². The van der Waals surface area contributed by atoms with Gasteiger partial charge in [-0.15, -0.1) is 0 Å². The Labute approximate surface area is 183 Å². The molecule has 7 heteroatoms. The molecule has 2 aliphatic heterocycles. The summed E-state index contributed by atoms with van der Waals surface area (Å²) in [6.07, 6.45) is 0.938. The molecule has 0 N–H and O–H groups in total. The zero-order valence-electron chi connectivity index (χ0n) is 18.4. The van der Waals surface area contributed by atoms with Gasteiger partial charge in [0.15, 0.2) is 5.69 Å². The normalized spacial score (nSPS) is 19.3. The Morgan fingerprint density at radius 1 is 1.13 bits per heavy atom. The van der Waals surface area contributed by atoms with E-state index in [4.69, 9.17) is 15.9 Å². The lowest BCUT2D eigenvalue weighted by atomic mass is 9.78. The zero-order valence-corrected chi connectivity index (χ0v) is 18.4. The van der Waals surface area contributed by atoms with E-state index in [9.17, 15) is 4.79 Å². The number of hydrogen-bond donors (Lipinski definition) is 0. The minimum absolute atomic E-state index is 0.0533. The largest absolute Gasteiger partial charge is 0.494 e. The number of hydrazone groups is 1. The fourth-order valence-corrected chi connectivity index (χ4v) is 3.69. The van der Waals surface area contributed by atoms with Gasteiger partial charge in [0, 0.05) is 6.42 Å². The van der Waals surface area contributed by atoms with Gasteiger partial charge < -0.3 is 9.31 Å². The Morgan fingerprint density at radius 3 is 2.55 bits per heavy atom. The first-order valence-electron chi connectivity index (χ1n) is 10.5. The van der Waals surface area contributed by atoms with Gasteiger partial charge in [0.05, 0.1) is 36.5 Å². The van der Waals surface area contributed by atoms with Crippen LogP contribution in [0.25, 0.3) is 4.85 Å². The van der Waals surface area contributed by atoms with Crippen molar-refractivity contribution in [2.45, 2.75) is 51.7 Å². The molecule has 4 rings (SSSR count). The molecule has 0 unspecified atom stereocenters. The molecule has 0 atom stereocenters. The van der Waals surface area contributed by atoms with Crippen molar-refractivity contribution in [3.63, 3.8) is 0 Å². The third-order valence-corrected chi connectivity index (χ3v) is 6.23. The molecule has 2 aliphatic rings. The van der Waals surface area contributed by atoms with E-state index >= 15 is 0 Å². The molecule has 2 heterocycles. The third kappa shape index (κ3) is 4.27. The minimum atomic E-state index is -0.453. The summed E-state index contributed by atoms with van der Waals surface area (Å²) in [4.78, 5) is 16.3. The maximum Gasteiger partial charge on any atom is 0.494 e. The van der Waals surface area contributed by atoms with E-state index in [-0.39, 0.29) is 12.3 Å². The van der Waals surface area contributed by atoms with Gasteiger partial charge in [-0.1, -0.05) is 42.5 Å². The highest BCUT2D eigenvalue weighted by Gasteiger charge is 2.51. The van der Waals surface area contributed by atoms with Crippen LogP contribution in [-0.2, 0) is 20.5 Å². The first-order valence-corrected chi connectivity index (χ1v) is 10.5. The lowest BCUT2D eigenvalue weighted by Crippen LogP contribution is -2.41. The smallest absolute Gasteiger partial charge is 0.399 e. The second-order valence-corrected chi connectivity index (χ2v) is 8.99. The SMILES string of the molecule is [C-]#[N+]c1cccc(C2=NN(C(=O)Cc3cccc(B4OC(C)(C)C(C)(C)O4)c3)CC2)c1. The summed E-state index contributed by atoms with van der Waals surface area (Å²) in [6, 6.07) is 15.2. The number of hydrogen-bond acceptors (Lipinski definition) is 4. The van der Waals surface area contributed by atoms with Gasteiger partial charge in [-0.05, 0) is 50.4 Å². The van der Waals surface area contributed by atoms with Crippen LogP contribution in [-0.4, -0.2) is 41.5 Å². The van der Waals surface area contributed by atoms with Gasteiger partial charge in [0.2, 0.25) is 5.91 Å². The Balaban J connectivity index is 1.46. The van der Waals surface area contributed by atoms with E-state index in [1.165, 1.54) is 5.01 Å². The molecular formula is C24H26BN3O3. The molecule has 0 aliphatic carbocycles. The summed E-state index contributed by atoms with van der Waals surface area (Å²) in [5.41, 5.74) is 3.30. The lowest BCUT2D eigenvalue weighted by molar-refractivity contribution is -0.130. The van der Waals surface area contributed by atoms with Gasteiger partial charge in [0.1, 0.15) is 0 Å². The van der Waals surface area contributed by atoms with Crippen molar-refractivity contribution in [1.29, 1.82) is 0 Å². The summed E-state index contributed by atoms with van der Waals surface area (Å²) in [7, 11) is -0.453. The molecule has 2 aromatic rings. The van der Waals surface area contributed by atoms with Crippen LogP contribution in [0.4, 0.5) is 5.69 Å². The first-order chi connectivity index (χ1) is 14.7. The highest BCUT2D eigenvalue weighted by molar-refractivity contribution is 6.62. The average molecular weight is 415 g/mol. The number of rotatable bonds is 4. The van der Waals surface area contributed by atoms with Crippen LogP contribution in [0.5, 0.6) is 0 Å². The quantitative estimate of drug-likeness (QED) is 0.565. The average Bonchev–Trinajstić information content (AvgIpc) is 3.31. The fraction of sp³-hybridized carbons (Fsp3) is 0.375. The molecule has 1 fully saturated rings. The highest BCUT2D eigenvalue weighted by Crippen LogP contribution is 2.36. The van der Waals surface area contributed by atoms with Crippen molar-refractivity contribution in [2.75, 3.05) is 6.54 Å². The Hall–Kier alpha value is -2.95. The highest BCUT2D eigenvalue weighted by atomic mass is 16.7. The van der Waals surface area contributed by atoms with Crippen LogP contribution >= 0.6 is 0 Å². The van der Waals surface area contributed by atoms with E-state index in [1.54, 1.807) is 6.07 Å². The maximum atomic E-state index is 12.9. The number of amides is 1. The number of benzene rings is 2. The van der Waals surface area contributed by atoms with Gasteiger partial charge in [-0.2, -0.15) is 5.10 Å². The Morgan fingerprint density at radius 2 is 1.84 bits per heavy atom. The number of carbonyl (C=O) groups is 1. The molecule has 0 bridgehead atoms. The molecule has 0 aromatic heterocycles. The third-order valence-electron chi connectivity index (χ3n) is 6.23. The molecule has 2 aromatic carbocycles. The van der Waals surface area contributed by atoms with Crippen LogP contribution in [0.1, 0.15) is 45.2 Å². The van der Waals surface area contributed by atoms with Crippen molar-refractivity contribution in [3.05, 3.63) is 71.1 Å². The fourth-order valence-electron chi connectivity index (χ4n) is 3.69. The molecule has 0 spiro atoms. The number of nitrogens with zero attached hydrogens (tertiary/aromatic N) is 3. The Kier molecular flexibility index (Phi) is 5.46. The molecule has 158 valence electrons. The van der Waals surface area contributed by atoms with Gasteiger partial charge in [0.25, 0.3) is 0 Å². The molecule has 0 radical (unpaired) electrons. The Bertz CT molecular complexity index is 1070.